The Labute approximate surface area is 181 Å². The van der Waals surface area contributed by atoms with Gasteiger partial charge in [-0.05, 0) is 60.7 Å². The predicted octanol–water partition coefficient (Wildman–Crippen LogP) is 5.34. The van der Waals surface area contributed by atoms with Crippen molar-refractivity contribution in [3.8, 4) is 11.5 Å². The summed E-state index contributed by atoms with van der Waals surface area (Å²) in [6, 6.07) is 8.63. The van der Waals surface area contributed by atoms with Crippen LogP contribution in [0.15, 0.2) is 40.2 Å². The van der Waals surface area contributed by atoms with Crippen molar-refractivity contribution < 1.29 is 14.3 Å². The zero-order valence-electron chi connectivity index (χ0n) is 14.7. The summed E-state index contributed by atoms with van der Waals surface area (Å²) in [6.07, 6.45) is 1.60. The summed E-state index contributed by atoms with van der Waals surface area (Å²) >= 11 is 19.5. The number of nitrogens with zero attached hydrogens (tertiary/aromatic N) is 1. The molecule has 1 aliphatic rings. The molecule has 0 aromatic heterocycles. The number of aryl methyl sites for hydroxylation is 1. The van der Waals surface area contributed by atoms with Crippen LogP contribution in [0.1, 0.15) is 11.1 Å². The number of amidine groups is 1. The number of aliphatic imine (C=N–C) groups is 1. The average Bonchev–Trinajstić information content (AvgIpc) is 2.93. The zero-order valence-corrected chi connectivity index (χ0v) is 17.8. The Morgan fingerprint density at radius 3 is 2.54 bits per heavy atom. The number of benzene rings is 2. The van der Waals surface area contributed by atoms with Crippen molar-refractivity contribution in [1.82, 2.24) is 0 Å². The van der Waals surface area contributed by atoms with E-state index in [1.165, 1.54) is 0 Å². The molecule has 1 heterocycles. The summed E-state index contributed by atoms with van der Waals surface area (Å²) in [5, 5.41) is 1.61. The molecule has 0 bridgehead atoms. The van der Waals surface area contributed by atoms with Crippen LogP contribution in [0.25, 0.3) is 6.08 Å². The molecule has 2 aromatic carbocycles. The Kier molecular flexibility index (Phi) is 6.78. The lowest BCUT2D eigenvalue weighted by molar-refractivity contribution is -0.113. The van der Waals surface area contributed by atoms with Gasteiger partial charge in [0.05, 0.1) is 9.93 Å². The topological polar surface area (TPSA) is 73.9 Å². The highest BCUT2D eigenvalue weighted by Gasteiger charge is 2.21. The number of nitrogens with two attached hydrogens (primary N) is 1. The van der Waals surface area contributed by atoms with E-state index in [-0.39, 0.29) is 11.8 Å². The second-order valence-electron chi connectivity index (χ2n) is 5.78. The first-order valence-corrected chi connectivity index (χ1v) is 10.1. The molecule has 146 valence electrons. The Hall–Kier alpha value is -1.86. The minimum absolute atomic E-state index is 0.193. The summed E-state index contributed by atoms with van der Waals surface area (Å²) in [4.78, 5) is 15.9. The highest BCUT2D eigenvalue weighted by atomic mass is 35.5. The predicted molar refractivity (Wildman–Crippen MR) is 116 cm³/mol. The summed E-state index contributed by atoms with van der Waals surface area (Å²) in [7, 11) is 0. The number of rotatable bonds is 6. The van der Waals surface area contributed by atoms with E-state index in [9.17, 15) is 4.79 Å². The van der Waals surface area contributed by atoms with E-state index in [0.29, 0.717) is 43.6 Å². The van der Waals surface area contributed by atoms with Gasteiger partial charge in [-0.15, -0.1) is 0 Å². The SMILES string of the molecule is Cc1cc(OCCOc2c(Cl)cc(Cl)cc2/C=C2/SC(N)=NC2=O)ccc1Cl. The summed E-state index contributed by atoms with van der Waals surface area (Å²) in [5.41, 5.74) is 7.07. The van der Waals surface area contributed by atoms with Gasteiger partial charge in [0.2, 0.25) is 0 Å². The Morgan fingerprint density at radius 2 is 1.86 bits per heavy atom. The third-order valence-electron chi connectivity index (χ3n) is 3.69. The van der Waals surface area contributed by atoms with Gasteiger partial charge < -0.3 is 15.2 Å². The summed E-state index contributed by atoms with van der Waals surface area (Å²) in [6.45, 7) is 2.43. The molecule has 0 fully saturated rings. The molecule has 0 radical (unpaired) electrons. The monoisotopic (exact) mass is 456 g/mol. The van der Waals surface area contributed by atoms with Crippen LogP contribution in [0.5, 0.6) is 11.5 Å². The van der Waals surface area contributed by atoms with Gasteiger partial charge in [-0.1, -0.05) is 34.8 Å². The fourth-order valence-corrected chi connectivity index (χ4v) is 3.77. The van der Waals surface area contributed by atoms with Crippen LogP contribution in [0.3, 0.4) is 0 Å². The number of halogens is 3. The number of carbonyl (C=O) groups is 1. The van der Waals surface area contributed by atoms with E-state index in [0.717, 1.165) is 17.3 Å². The molecule has 0 aliphatic carbocycles. The normalized spacial score (nSPS) is 15.1. The summed E-state index contributed by atoms with van der Waals surface area (Å²) in [5.74, 6) is 0.676. The minimum Gasteiger partial charge on any atom is -0.490 e. The molecule has 0 atom stereocenters. The van der Waals surface area contributed by atoms with Crippen LogP contribution in [-0.2, 0) is 4.79 Å². The van der Waals surface area contributed by atoms with Crippen LogP contribution in [0.2, 0.25) is 15.1 Å². The maximum absolute atomic E-state index is 11.8. The molecule has 28 heavy (non-hydrogen) atoms. The molecule has 0 saturated carbocycles. The molecule has 9 heteroatoms. The molecule has 3 rings (SSSR count). The van der Waals surface area contributed by atoms with Crippen molar-refractivity contribution in [2.45, 2.75) is 6.92 Å². The van der Waals surface area contributed by atoms with Gasteiger partial charge in [0.25, 0.3) is 5.91 Å². The highest BCUT2D eigenvalue weighted by molar-refractivity contribution is 8.18. The lowest BCUT2D eigenvalue weighted by Gasteiger charge is -2.13. The maximum Gasteiger partial charge on any atom is 0.286 e. The van der Waals surface area contributed by atoms with Crippen LogP contribution < -0.4 is 15.2 Å². The molecular weight excluding hydrogens is 443 g/mol. The Morgan fingerprint density at radius 1 is 1.11 bits per heavy atom. The van der Waals surface area contributed by atoms with Gasteiger partial charge in [0.1, 0.15) is 24.7 Å². The number of ether oxygens (including phenoxy) is 2. The Balaban J connectivity index is 1.70. The van der Waals surface area contributed by atoms with Gasteiger partial charge in [0.15, 0.2) is 5.17 Å². The molecular formula is C19H15Cl3N2O3S. The number of hydrogen-bond donors (Lipinski definition) is 1. The van der Waals surface area contributed by atoms with Crippen LogP contribution in [0, 0.1) is 6.92 Å². The van der Waals surface area contributed by atoms with Gasteiger partial charge in [-0.25, -0.2) is 0 Å². The van der Waals surface area contributed by atoms with Crippen molar-refractivity contribution in [3.05, 3.63) is 61.4 Å². The van der Waals surface area contributed by atoms with Crippen molar-refractivity contribution in [2.75, 3.05) is 13.2 Å². The largest absolute Gasteiger partial charge is 0.490 e. The highest BCUT2D eigenvalue weighted by Crippen LogP contribution is 2.36. The molecule has 0 unspecified atom stereocenters. The smallest absolute Gasteiger partial charge is 0.286 e. The first-order chi connectivity index (χ1) is 13.3. The van der Waals surface area contributed by atoms with E-state index in [1.54, 1.807) is 30.3 Å². The Bertz CT molecular complexity index is 993. The van der Waals surface area contributed by atoms with E-state index >= 15 is 0 Å². The molecule has 5 nitrogen and oxygen atoms in total. The average molecular weight is 458 g/mol. The van der Waals surface area contributed by atoms with Crippen molar-refractivity contribution in [2.24, 2.45) is 10.7 Å². The molecule has 2 aromatic rings. The first kappa shape index (κ1) is 20.9. The minimum atomic E-state index is -0.411. The molecule has 0 saturated heterocycles. The van der Waals surface area contributed by atoms with E-state index in [1.807, 2.05) is 13.0 Å². The molecule has 1 aliphatic heterocycles. The summed E-state index contributed by atoms with van der Waals surface area (Å²) < 4.78 is 11.5. The standard InChI is InChI=1S/C19H15Cl3N2O3S/c1-10-6-13(2-3-14(10)21)26-4-5-27-17-11(7-12(20)9-15(17)22)8-16-18(25)24-19(23)28-16/h2-3,6-9H,4-5H2,1H3,(H2,23,24,25)/b16-8+. The number of thioether (sulfide) groups is 1. The quantitative estimate of drug-likeness (QED) is 0.468. The first-order valence-electron chi connectivity index (χ1n) is 8.12. The van der Waals surface area contributed by atoms with Gasteiger partial charge >= 0.3 is 0 Å². The second-order valence-corrected chi connectivity index (χ2v) is 8.09. The van der Waals surface area contributed by atoms with Crippen LogP contribution >= 0.6 is 46.6 Å². The van der Waals surface area contributed by atoms with E-state index < -0.39 is 5.91 Å². The fraction of sp³-hybridized carbons (Fsp3) is 0.158. The van der Waals surface area contributed by atoms with Crippen molar-refractivity contribution in [3.63, 3.8) is 0 Å². The van der Waals surface area contributed by atoms with Crippen LogP contribution in [0.4, 0.5) is 0 Å². The third-order valence-corrected chi connectivity index (χ3v) is 5.42. The lowest BCUT2D eigenvalue weighted by atomic mass is 10.2. The van der Waals surface area contributed by atoms with Crippen LogP contribution in [-0.4, -0.2) is 24.3 Å². The van der Waals surface area contributed by atoms with Gasteiger partial charge in [-0.3, -0.25) is 4.79 Å². The van der Waals surface area contributed by atoms with E-state index in [2.05, 4.69) is 4.99 Å². The van der Waals surface area contributed by atoms with Gasteiger partial charge in [0, 0.05) is 15.6 Å². The van der Waals surface area contributed by atoms with E-state index in [4.69, 9.17) is 50.0 Å². The zero-order chi connectivity index (χ0) is 20.3. The number of carbonyl (C=O) groups excluding carboxylic acids is 1. The molecule has 1 amide bonds. The van der Waals surface area contributed by atoms with Crippen molar-refractivity contribution >= 4 is 63.7 Å². The molecule has 0 spiro atoms. The van der Waals surface area contributed by atoms with Crippen molar-refractivity contribution in [1.29, 1.82) is 0 Å². The molecule has 2 N–H and O–H groups in total. The third kappa shape index (κ3) is 5.14. The number of hydrogen-bond acceptors (Lipinski definition) is 5. The fourth-order valence-electron chi connectivity index (χ4n) is 2.42. The maximum atomic E-state index is 11.8. The van der Waals surface area contributed by atoms with Gasteiger partial charge in [-0.2, -0.15) is 4.99 Å². The second kappa shape index (κ2) is 9.09. The lowest BCUT2D eigenvalue weighted by Crippen LogP contribution is -2.10. The number of amides is 1.